The van der Waals surface area contributed by atoms with E-state index in [4.69, 9.17) is 11.6 Å². The van der Waals surface area contributed by atoms with Crippen LogP contribution in [-0.2, 0) is 4.79 Å². The highest BCUT2D eigenvalue weighted by molar-refractivity contribution is 8.03. The van der Waals surface area contributed by atoms with Gasteiger partial charge in [-0.2, -0.15) is 5.26 Å². The fourth-order valence-corrected chi connectivity index (χ4v) is 4.04. The van der Waals surface area contributed by atoms with Crippen molar-refractivity contribution in [3.63, 3.8) is 0 Å². The van der Waals surface area contributed by atoms with Crippen molar-refractivity contribution in [1.29, 1.82) is 5.26 Å². The van der Waals surface area contributed by atoms with E-state index in [2.05, 4.69) is 28.3 Å². The number of hydrogen-bond acceptors (Lipinski definition) is 5. The number of allylic oxidation sites excluding steroid dienone is 2. The Morgan fingerprint density at radius 1 is 1.41 bits per heavy atom. The molecule has 7 heteroatoms. The Kier molecular flexibility index (Phi) is 6.76. The van der Waals surface area contributed by atoms with Crippen molar-refractivity contribution in [3.05, 3.63) is 93.9 Å². The van der Waals surface area contributed by atoms with Crippen LogP contribution in [0.5, 0.6) is 0 Å². The van der Waals surface area contributed by atoms with Gasteiger partial charge in [0, 0.05) is 40.1 Å². The summed E-state index contributed by atoms with van der Waals surface area (Å²) in [6, 6.07) is 12.8. The molecular weight excluding hydrogens is 404 g/mol. The molecule has 1 aromatic carbocycles. The third-order valence-electron chi connectivity index (χ3n) is 4.36. The lowest BCUT2D eigenvalue weighted by atomic mass is 9.83. The summed E-state index contributed by atoms with van der Waals surface area (Å²) in [5.74, 6) is -0.159. The van der Waals surface area contributed by atoms with Gasteiger partial charge in [-0.25, -0.2) is 0 Å². The zero-order valence-electron chi connectivity index (χ0n) is 15.8. The molecule has 1 aliphatic rings. The average molecular weight is 423 g/mol. The Morgan fingerprint density at radius 3 is 2.79 bits per heavy atom. The number of rotatable bonds is 6. The summed E-state index contributed by atoms with van der Waals surface area (Å²) in [6.07, 6.45) is 5.12. The molecule has 0 saturated carbocycles. The third-order valence-corrected chi connectivity index (χ3v) is 5.62. The quantitative estimate of drug-likeness (QED) is 0.641. The van der Waals surface area contributed by atoms with Gasteiger partial charge in [-0.15, -0.1) is 18.3 Å². The molecule has 1 aliphatic heterocycles. The van der Waals surface area contributed by atoms with E-state index in [1.807, 2.05) is 13.0 Å². The van der Waals surface area contributed by atoms with Crippen LogP contribution in [0.25, 0.3) is 0 Å². The molecule has 2 heterocycles. The number of aromatic nitrogens is 1. The molecule has 1 aromatic heterocycles. The summed E-state index contributed by atoms with van der Waals surface area (Å²) in [4.78, 5) is 17.4. The van der Waals surface area contributed by atoms with Gasteiger partial charge in [0.05, 0.1) is 22.6 Å². The average Bonchev–Trinajstić information content (AvgIpc) is 2.73. The van der Waals surface area contributed by atoms with E-state index in [1.54, 1.807) is 48.8 Å². The first-order valence-electron chi connectivity index (χ1n) is 8.87. The van der Waals surface area contributed by atoms with Gasteiger partial charge in [0.2, 0.25) is 0 Å². The molecule has 2 N–H and O–H groups in total. The lowest BCUT2D eigenvalue weighted by Gasteiger charge is -2.29. The van der Waals surface area contributed by atoms with Crippen molar-refractivity contribution >= 4 is 35.0 Å². The first-order valence-corrected chi connectivity index (χ1v) is 10.2. The van der Waals surface area contributed by atoms with Gasteiger partial charge in [0.15, 0.2) is 0 Å². The molecule has 0 spiro atoms. The first kappa shape index (κ1) is 20.7. The number of carbonyl (C=O) groups excluding carboxylic acids is 1. The van der Waals surface area contributed by atoms with Crippen LogP contribution in [0.2, 0.25) is 5.02 Å². The summed E-state index contributed by atoms with van der Waals surface area (Å²) in [6.45, 7) is 5.57. The molecule has 0 unspecified atom stereocenters. The highest BCUT2D eigenvalue weighted by Gasteiger charge is 2.34. The molecule has 3 rings (SSSR count). The molecule has 1 atom stereocenters. The van der Waals surface area contributed by atoms with E-state index in [9.17, 15) is 10.1 Å². The number of thioether (sulfide) groups is 1. The van der Waals surface area contributed by atoms with Crippen molar-refractivity contribution < 1.29 is 4.79 Å². The fraction of sp³-hybridized carbons (Fsp3) is 0.136. The Labute approximate surface area is 179 Å². The number of halogens is 1. The molecular formula is C22H19ClN4OS. The molecule has 0 aliphatic carbocycles. The van der Waals surface area contributed by atoms with E-state index in [0.717, 1.165) is 10.6 Å². The molecule has 2 aromatic rings. The first-order chi connectivity index (χ1) is 14.0. The van der Waals surface area contributed by atoms with E-state index in [1.165, 1.54) is 11.8 Å². The minimum atomic E-state index is -0.519. The number of benzene rings is 1. The van der Waals surface area contributed by atoms with Crippen LogP contribution in [0.4, 0.5) is 5.69 Å². The summed E-state index contributed by atoms with van der Waals surface area (Å²) < 4.78 is 0. The maximum Gasteiger partial charge on any atom is 0.254 e. The van der Waals surface area contributed by atoms with Crippen molar-refractivity contribution in [1.82, 2.24) is 10.3 Å². The van der Waals surface area contributed by atoms with Gasteiger partial charge in [-0.05, 0) is 42.8 Å². The van der Waals surface area contributed by atoms with Crippen molar-refractivity contribution in [2.75, 3.05) is 11.1 Å². The van der Waals surface area contributed by atoms with Crippen molar-refractivity contribution in [3.8, 4) is 6.07 Å². The van der Waals surface area contributed by atoms with Crippen LogP contribution in [0.3, 0.4) is 0 Å². The summed E-state index contributed by atoms with van der Waals surface area (Å²) in [5, 5.41) is 17.4. The Bertz CT molecular complexity index is 1020. The molecule has 0 radical (unpaired) electrons. The third kappa shape index (κ3) is 4.70. The summed E-state index contributed by atoms with van der Waals surface area (Å²) >= 11 is 7.41. The second kappa shape index (κ2) is 9.46. The second-order valence-electron chi connectivity index (χ2n) is 6.30. The van der Waals surface area contributed by atoms with Crippen LogP contribution < -0.4 is 10.6 Å². The van der Waals surface area contributed by atoms with E-state index >= 15 is 0 Å². The highest BCUT2D eigenvalue weighted by atomic mass is 35.5. The summed E-state index contributed by atoms with van der Waals surface area (Å²) in [5.41, 5.74) is 3.06. The maximum atomic E-state index is 13.2. The number of anilines is 1. The molecule has 29 heavy (non-hydrogen) atoms. The van der Waals surface area contributed by atoms with Crippen LogP contribution in [-0.4, -0.2) is 16.6 Å². The zero-order chi connectivity index (χ0) is 20.8. The van der Waals surface area contributed by atoms with Crippen molar-refractivity contribution in [2.24, 2.45) is 0 Å². The normalized spacial score (nSPS) is 16.1. The second-order valence-corrected chi connectivity index (χ2v) is 7.77. The highest BCUT2D eigenvalue weighted by Crippen LogP contribution is 2.40. The Balaban J connectivity index is 2.03. The molecule has 146 valence electrons. The molecule has 0 fully saturated rings. The van der Waals surface area contributed by atoms with Gasteiger partial charge >= 0.3 is 0 Å². The number of nitriles is 1. The van der Waals surface area contributed by atoms with Crippen molar-refractivity contribution in [2.45, 2.75) is 12.8 Å². The van der Waals surface area contributed by atoms with E-state index in [-0.39, 0.29) is 5.91 Å². The molecule has 5 nitrogen and oxygen atoms in total. The number of hydrogen-bond donors (Lipinski definition) is 2. The van der Waals surface area contributed by atoms with Crippen LogP contribution >= 0.6 is 23.4 Å². The van der Waals surface area contributed by atoms with Crippen LogP contribution in [0.15, 0.2) is 83.3 Å². The topological polar surface area (TPSA) is 77.8 Å². The number of carbonyl (C=O) groups is 1. The Morgan fingerprint density at radius 2 is 2.17 bits per heavy atom. The predicted octanol–water partition coefficient (Wildman–Crippen LogP) is 4.99. The lowest BCUT2D eigenvalue weighted by Crippen LogP contribution is -2.30. The molecule has 0 saturated heterocycles. The van der Waals surface area contributed by atoms with Gasteiger partial charge in [-0.1, -0.05) is 23.7 Å². The Hall–Kier alpha value is -3.01. The standard InChI is InChI=1S/C22H19ClN4OS/c1-3-11-29-22-18(12-24)20(15-5-4-10-25-13-15)19(14(2)26-22)21(28)27-17-8-6-16(23)7-9-17/h3-10,13,20,26H,1,11H2,2H3,(H,27,28)/t20-/m1/s1. The minimum Gasteiger partial charge on any atom is -0.353 e. The molecule has 1 amide bonds. The summed E-state index contributed by atoms with van der Waals surface area (Å²) in [7, 11) is 0. The smallest absolute Gasteiger partial charge is 0.254 e. The lowest BCUT2D eigenvalue weighted by molar-refractivity contribution is -0.113. The van der Waals surface area contributed by atoms with Gasteiger partial charge in [0.1, 0.15) is 0 Å². The number of nitrogens with zero attached hydrogens (tertiary/aromatic N) is 2. The number of amides is 1. The number of dihydropyridines is 1. The van der Waals surface area contributed by atoms with Gasteiger partial charge in [0.25, 0.3) is 5.91 Å². The monoisotopic (exact) mass is 422 g/mol. The maximum absolute atomic E-state index is 13.2. The number of nitrogens with one attached hydrogen (secondary N) is 2. The number of pyridine rings is 1. The predicted molar refractivity (Wildman–Crippen MR) is 118 cm³/mol. The zero-order valence-corrected chi connectivity index (χ0v) is 17.3. The van der Waals surface area contributed by atoms with Crippen LogP contribution in [0.1, 0.15) is 18.4 Å². The van der Waals surface area contributed by atoms with E-state index in [0.29, 0.717) is 33.3 Å². The molecule has 0 bridgehead atoms. The largest absolute Gasteiger partial charge is 0.353 e. The van der Waals surface area contributed by atoms with Crippen LogP contribution in [0, 0.1) is 11.3 Å². The van der Waals surface area contributed by atoms with Gasteiger partial charge < -0.3 is 10.6 Å². The van der Waals surface area contributed by atoms with Gasteiger partial charge in [-0.3, -0.25) is 9.78 Å². The minimum absolute atomic E-state index is 0.285. The SMILES string of the molecule is C=CCSC1=C(C#N)[C@@H](c2cccnc2)C(C(=O)Nc2ccc(Cl)cc2)=C(C)N1. The fourth-order valence-electron chi connectivity index (χ4n) is 3.08. The van der Waals surface area contributed by atoms with E-state index < -0.39 is 5.92 Å².